The standard InChI is InChI=1S/C15H15N3O3.C2HF3O2/c1-18-6-4-9-8-17-14-13(9)11(18)7-10(15(14)20)16-5-3-12(19)21-2;3-2(4,5)1(6)7/h4,6-8H,3,5H2,1-2H3,(H,16,17,20);(H,6,7). The SMILES string of the molecule is COC(=O)CCNC1=Cc2c3c([nH]cc3cc[n+]2C)C1=O.O=C([O-])C(F)(F)F. The molecule has 0 aromatic carbocycles. The monoisotopic (exact) mass is 399 g/mol. The summed E-state index contributed by atoms with van der Waals surface area (Å²) in [5.41, 5.74) is 2.03. The second-order valence-electron chi connectivity index (χ2n) is 5.73. The number of carbonyl (C=O) groups is 3. The summed E-state index contributed by atoms with van der Waals surface area (Å²) in [6.07, 6.45) is 0.628. The second kappa shape index (κ2) is 8.11. The number of aliphatic carboxylic acids is 1. The molecule has 0 saturated carbocycles. The van der Waals surface area contributed by atoms with Crippen molar-refractivity contribution in [2.75, 3.05) is 13.7 Å². The van der Waals surface area contributed by atoms with E-state index in [2.05, 4.69) is 15.0 Å². The summed E-state index contributed by atoms with van der Waals surface area (Å²) in [6, 6.07) is 1.97. The molecule has 2 aromatic heterocycles. The van der Waals surface area contributed by atoms with Gasteiger partial charge in [-0.25, -0.2) is 4.57 Å². The number of aromatic nitrogens is 2. The van der Waals surface area contributed by atoms with Gasteiger partial charge >= 0.3 is 12.1 Å². The maximum atomic E-state index is 12.4. The molecular weight excluding hydrogens is 383 g/mol. The van der Waals surface area contributed by atoms with E-state index in [4.69, 9.17) is 9.90 Å². The maximum absolute atomic E-state index is 12.4. The zero-order valence-electron chi connectivity index (χ0n) is 14.8. The minimum absolute atomic E-state index is 0.0893. The third-order valence-corrected chi connectivity index (χ3v) is 3.88. The third-order valence-electron chi connectivity index (χ3n) is 3.88. The number of halogens is 3. The van der Waals surface area contributed by atoms with E-state index in [0.29, 0.717) is 17.9 Å². The fraction of sp³-hybridized carbons (Fsp3) is 0.294. The quantitative estimate of drug-likeness (QED) is 0.552. The van der Waals surface area contributed by atoms with Gasteiger partial charge in [0.2, 0.25) is 11.5 Å². The smallest absolute Gasteiger partial charge is 0.430 e. The number of nitrogens with one attached hydrogen (secondary N) is 2. The van der Waals surface area contributed by atoms with Crippen LogP contribution >= 0.6 is 0 Å². The predicted molar refractivity (Wildman–Crippen MR) is 87.5 cm³/mol. The van der Waals surface area contributed by atoms with E-state index < -0.39 is 12.1 Å². The van der Waals surface area contributed by atoms with Crippen LogP contribution in [0.2, 0.25) is 0 Å². The van der Waals surface area contributed by atoms with Gasteiger partial charge in [0.25, 0.3) is 0 Å². The Labute approximate surface area is 156 Å². The van der Waals surface area contributed by atoms with Gasteiger partial charge in [0.15, 0.2) is 6.20 Å². The predicted octanol–water partition coefficient (Wildman–Crippen LogP) is -0.0191. The van der Waals surface area contributed by atoms with Crippen LogP contribution in [0.4, 0.5) is 13.2 Å². The molecule has 2 aromatic rings. The fourth-order valence-electron chi connectivity index (χ4n) is 2.52. The number of hydrogen-bond acceptors (Lipinski definition) is 6. The van der Waals surface area contributed by atoms with E-state index in [1.807, 2.05) is 36.2 Å². The highest BCUT2D eigenvalue weighted by atomic mass is 19.4. The molecular formula is C17H16F3N3O5. The molecule has 0 radical (unpaired) electrons. The van der Waals surface area contributed by atoms with Gasteiger partial charge in [-0.05, 0) is 0 Å². The summed E-state index contributed by atoms with van der Waals surface area (Å²) in [7, 11) is 3.28. The number of rotatable bonds is 4. The highest BCUT2D eigenvalue weighted by molar-refractivity contribution is 6.20. The van der Waals surface area contributed by atoms with Crippen molar-refractivity contribution in [3.05, 3.63) is 35.5 Å². The zero-order valence-corrected chi connectivity index (χ0v) is 14.8. The van der Waals surface area contributed by atoms with Gasteiger partial charge in [0, 0.05) is 30.3 Å². The molecule has 1 aliphatic carbocycles. The van der Waals surface area contributed by atoms with Crippen molar-refractivity contribution < 1.29 is 42.0 Å². The number of Topliss-reactive ketones (excluding diaryl/α,β-unsaturated/α-hetero) is 1. The summed E-state index contributed by atoms with van der Waals surface area (Å²) in [6.45, 7) is 0.361. The van der Waals surface area contributed by atoms with Crippen molar-refractivity contribution in [2.24, 2.45) is 7.05 Å². The number of pyridine rings is 1. The van der Waals surface area contributed by atoms with E-state index in [1.54, 1.807) is 0 Å². The van der Waals surface area contributed by atoms with Crippen molar-refractivity contribution >= 4 is 34.6 Å². The number of ether oxygens (including phenoxy) is 1. The number of hydrogen-bond donors (Lipinski definition) is 2. The molecule has 11 heteroatoms. The van der Waals surface area contributed by atoms with Gasteiger partial charge < -0.3 is 24.9 Å². The molecule has 2 N–H and O–H groups in total. The summed E-state index contributed by atoms with van der Waals surface area (Å²) >= 11 is 0. The Morgan fingerprint density at radius 3 is 2.57 bits per heavy atom. The minimum atomic E-state index is -5.19. The molecule has 0 aliphatic heterocycles. The second-order valence-corrected chi connectivity index (χ2v) is 5.73. The van der Waals surface area contributed by atoms with E-state index >= 15 is 0 Å². The molecule has 0 bridgehead atoms. The maximum Gasteiger partial charge on any atom is 0.430 e. The van der Waals surface area contributed by atoms with Crippen LogP contribution < -0.4 is 15.0 Å². The number of alkyl halides is 3. The van der Waals surface area contributed by atoms with Crippen LogP contribution in [0.3, 0.4) is 0 Å². The number of H-pyrrole nitrogens is 1. The van der Waals surface area contributed by atoms with Crippen molar-refractivity contribution in [1.82, 2.24) is 10.3 Å². The van der Waals surface area contributed by atoms with E-state index in [0.717, 1.165) is 16.5 Å². The molecule has 1 aliphatic rings. The third kappa shape index (κ3) is 4.48. The lowest BCUT2D eigenvalue weighted by atomic mass is 10.0. The summed E-state index contributed by atoms with van der Waals surface area (Å²) in [5, 5.41) is 13.7. The lowest BCUT2D eigenvalue weighted by molar-refractivity contribution is -0.671. The Kier molecular flexibility index (Phi) is 6.06. The van der Waals surface area contributed by atoms with E-state index in [-0.39, 0.29) is 18.2 Å². The zero-order chi connectivity index (χ0) is 21.1. The minimum Gasteiger partial charge on any atom is -0.542 e. The van der Waals surface area contributed by atoms with Gasteiger partial charge in [0.05, 0.1) is 24.6 Å². The molecule has 2 heterocycles. The number of methoxy groups -OCH3 is 1. The molecule has 8 nitrogen and oxygen atoms in total. The molecule has 28 heavy (non-hydrogen) atoms. The van der Waals surface area contributed by atoms with Crippen LogP contribution in [-0.2, 0) is 21.4 Å². The van der Waals surface area contributed by atoms with E-state index in [9.17, 15) is 22.8 Å². The molecule has 0 amide bonds. The Morgan fingerprint density at radius 1 is 1.36 bits per heavy atom. The van der Waals surface area contributed by atoms with Crippen molar-refractivity contribution in [1.29, 1.82) is 0 Å². The summed E-state index contributed by atoms with van der Waals surface area (Å²) in [4.78, 5) is 35.4. The van der Waals surface area contributed by atoms with Crippen molar-refractivity contribution in [2.45, 2.75) is 12.6 Å². The normalized spacial score (nSPS) is 12.8. The van der Waals surface area contributed by atoms with Crippen LogP contribution in [0.5, 0.6) is 0 Å². The molecule has 3 rings (SSSR count). The average molecular weight is 399 g/mol. The van der Waals surface area contributed by atoms with Crippen molar-refractivity contribution in [3.8, 4) is 0 Å². The number of aromatic amines is 1. The summed E-state index contributed by atoms with van der Waals surface area (Å²) < 4.78 is 38.1. The van der Waals surface area contributed by atoms with Gasteiger partial charge in [-0.1, -0.05) is 0 Å². The van der Waals surface area contributed by atoms with Gasteiger partial charge in [-0.3, -0.25) is 9.59 Å². The lowest BCUT2D eigenvalue weighted by Crippen LogP contribution is -2.37. The Hall–Kier alpha value is -3.37. The van der Waals surface area contributed by atoms with Crippen LogP contribution in [0.1, 0.15) is 22.6 Å². The highest BCUT2D eigenvalue weighted by Crippen LogP contribution is 2.27. The number of esters is 1. The first kappa shape index (κ1) is 20.9. The number of carboxylic acid groups (broad SMARTS) is 1. The van der Waals surface area contributed by atoms with Gasteiger partial charge in [0.1, 0.15) is 18.7 Å². The fourth-order valence-corrected chi connectivity index (χ4v) is 2.52. The first-order valence-corrected chi connectivity index (χ1v) is 7.91. The number of aryl methyl sites for hydroxylation is 1. The number of carboxylic acids is 1. The first-order valence-electron chi connectivity index (χ1n) is 7.91. The number of allylic oxidation sites excluding steroid dienone is 1. The van der Waals surface area contributed by atoms with Crippen LogP contribution in [-0.4, -0.2) is 42.5 Å². The summed E-state index contributed by atoms with van der Waals surface area (Å²) in [5.74, 6) is -3.40. The number of nitrogens with zero attached hydrogens (tertiary/aromatic N) is 1. The van der Waals surface area contributed by atoms with Crippen LogP contribution in [0, 0.1) is 0 Å². The molecule has 0 spiro atoms. The lowest BCUT2D eigenvalue weighted by Gasteiger charge is -2.13. The Morgan fingerprint density at radius 2 is 2.00 bits per heavy atom. The van der Waals surface area contributed by atoms with Gasteiger partial charge in [-0.2, -0.15) is 13.2 Å². The molecule has 0 unspecified atom stereocenters. The Balaban J connectivity index is 0.000000345. The molecule has 0 atom stereocenters. The average Bonchev–Trinajstić information content (AvgIpc) is 3.06. The van der Waals surface area contributed by atoms with Crippen molar-refractivity contribution in [3.63, 3.8) is 0 Å². The highest BCUT2D eigenvalue weighted by Gasteiger charge is 2.29. The first-order chi connectivity index (χ1) is 13.1. The molecule has 150 valence electrons. The van der Waals surface area contributed by atoms with Gasteiger partial charge in [-0.15, -0.1) is 0 Å². The molecule has 0 saturated heterocycles. The van der Waals surface area contributed by atoms with Crippen LogP contribution in [0.25, 0.3) is 16.8 Å². The Bertz CT molecular complexity index is 963. The topological polar surface area (TPSA) is 115 Å². The number of ketones is 1. The largest absolute Gasteiger partial charge is 0.542 e. The molecule has 0 fully saturated rings. The van der Waals surface area contributed by atoms with E-state index in [1.165, 1.54) is 7.11 Å². The number of carbonyl (C=O) groups excluding carboxylic acids is 3. The van der Waals surface area contributed by atoms with Crippen LogP contribution in [0.15, 0.2) is 24.2 Å².